The van der Waals surface area contributed by atoms with E-state index in [0.717, 1.165) is 42.6 Å². The summed E-state index contributed by atoms with van der Waals surface area (Å²) in [6.45, 7) is 3.03. The summed E-state index contributed by atoms with van der Waals surface area (Å²) in [4.78, 5) is 32.4. The van der Waals surface area contributed by atoms with E-state index in [9.17, 15) is 9.59 Å². The Morgan fingerprint density at radius 3 is 2.35 bits per heavy atom. The van der Waals surface area contributed by atoms with E-state index in [4.69, 9.17) is 4.74 Å². The van der Waals surface area contributed by atoms with Crippen LogP contribution in [0.15, 0.2) is 65.6 Å². The fourth-order valence-corrected chi connectivity index (χ4v) is 4.42. The number of hydrogen-bond donors (Lipinski definition) is 1. The molecule has 1 N–H and O–H groups in total. The summed E-state index contributed by atoms with van der Waals surface area (Å²) >= 11 is 0. The third kappa shape index (κ3) is 5.03. The third-order valence-electron chi connectivity index (χ3n) is 6.16. The zero-order valence-electron chi connectivity index (χ0n) is 20.2. The van der Waals surface area contributed by atoms with Gasteiger partial charge in [0.25, 0.3) is 5.56 Å². The lowest BCUT2D eigenvalue weighted by Crippen LogP contribution is -2.23. The molecule has 0 aliphatic rings. The van der Waals surface area contributed by atoms with Crippen molar-refractivity contribution in [3.63, 3.8) is 0 Å². The van der Waals surface area contributed by atoms with Crippen LogP contribution < -0.4 is 5.56 Å². The van der Waals surface area contributed by atoms with E-state index >= 15 is 0 Å². The molecule has 1 heterocycles. The van der Waals surface area contributed by atoms with E-state index in [0.29, 0.717) is 21.7 Å². The molecule has 6 heteroatoms. The van der Waals surface area contributed by atoms with Gasteiger partial charge < -0.3 is 19.5 Å². The predicted octanol–water partition coefficient (Wildman–Crippen LogP) is 4.52. The minimum Gasteiger partial charge on any atom is -0.465 e. The first-order valence-electron chi connectivity index (χ1n) is 11.5. The van der Waals surface area contributed by atoms with Crippen molar-refractivity contribution in [2.45, 2.75) is 13.0 Å². The molecule has 1 aromatic heterocycles. The number of ether oxygens (including phenoxy) is 1. The molecule has 0 fully saturated rings. The predicted molar refractivity (Wildman–Crippen MR) is 138 cm³/mol. The Morgan fingerprint density at radius 1 is 0.912 bits per heavy atom. The average Bonchev–Trinajstić information content (AvgIpc) is 2.83. The van der Waals surface area contributed by atoms with Gasteiger partial charge in [0, 0.05) is 12.7 Å². The van der Waals surface area contributed by atoms with E-state index in [-0.39, 0.29) is 5.56 Å². The minimum atomic E-state index is -0.418. The number of aromatic amines is 1. The number of benzene rings is 3. The first kappa shape index (κ1) is 23.7. The van der Waals surface area contributed by atoms with E-state index in [1.54, 1.807) is 18.3 Å². The molecule has 3 aromatic carbocycles. The Kier molecular flexibility index (Phi) is 7.10. The molecule has 0 radical (unpaired) electrons. The van der Waals surface area contributed by atoms with Crippen molar-refractivity contribution in [1.82, 2.24) is 14.8 Å². The summed E-state index contributed by atoms with van der Waals surface area (Å²) in [5.41, 5.74) is 3.58. The quantitative estimate of drug-likeness (QED) is 0.311. The van der Waals surface area contributed by atoms with Crippen molar-refractivity contribution in [2.75, 3.05) is 41.3 Å². The maximum absolute atomic E-state index is 12.7. The molecule has 4 aromatic rings. The van der Waals surface area contributed by atoms with Gasteiger partial charge in [0.05, 0.1) is 18.1 Å². The number of rotatable bonds is 8. The number of esters is 1. The molecule has 0 spiro atoms. The number of nitrogens with zero attached hydrogens (tertiary/aromatic N) is 2. The zero-order valence-corrected chi connectivity index (χ0v) is 20.2. The summed E-state index contributed by atoms with van der Waals surface area (Å²) in [6.07, 6.45) is 2.73. The van der Waals surface area contributed by atoms with Crippen LogP contribution in [0.3, 0.4) is 0 Å². The van der Waals surface area contributed by atoms with Crippen LogP contribution in [0.4, 0.5) is 0 Å². The maximum Gasteiger partial charge on any atom is 0.338 e. The van der Waals surface area contributed by atoms with Gasteiger partial charge in [-0.2, -0.15) is 0 Å². The summed E-state index contributed by atoms with van der Waals surface area (Å²) < 4.78 is 4.99. The highest BCUT2D eigenvalue weighted by Crippen LogP contribution is 2.31. The van der Waals surface area contributed by atoms with Crippen molar-refractivity contribution in [2.24, 2.45) is 0 Å². The SMILES string of the molecule is COC(=O)c1cc2cc[nH]c(=O)c2c2cc(-c3ccc(CN(C)CCCN(C)C)cc3)ccc12. The maximum atomic E-state index is 12.7. The van der Waals surface area contributed by atoms with Gasteiger partial charge in [0.1, 0.15) is 0 Å². The molecule has 0 aliphatic heterocycles. The summed E-state index contributed by atoms with van der Waals surface area (Å²) in [5, 5.41) is 2.72. The Balaban J connectivity index is 1.67. The fraction of sp³-hybridized carbons (Fsp3) is 0.286. The number of methoxy groups -OCH3 is 1. The van der Waals surface area contributed by atoms with Gasteiger partial charge in [0.15, 0.2) is 0 Å². The van der Waals surface area contributed by atoms with Gasteiger partial charge in [-0.05, 0) is 91.7 Å². The molecule has 0 saturated carbocycles. The van der Waals surface area contributed by atoms with Crippen molar-refractivity contribution in [3.05, 3.63) is 82.3 Å². The van der Waals surface area contributed by atoms with Gasteiger partial charge in [0.2, 0.25) is 0 Å². The monoisotopic (exact) mass is 457 g/mol. The second kappa shape index (κ2) is 10.2. The summed E-state index contributed by atoms with van der Waals surface area (Å²) in [5.74, 6) is -0.418. The summed E-state index contributed by atoms with van der Waals surface area (Å²) in [6, 6.07) is 17.9. The zero-order chi connectivity index (χ0) is 24.2. The van der Waals surface area contributed by atoms with Gasteiger partial charge in [-0.15, -0.1) is 0 Å². The number of pyridine rings is 1. The number of nitrogens with one attached hydrogen (secondary N) is 1. The highest BCUT2D eigenvalue weighted by molar-refractivity contribution is 6.16. The molecular formula is C28H31N3O3. The molecule has 0 atom stereocenters. The molecule has 0 aliphatic carbocycles. The summed E-state index contributed by atoms with van der Waals surface area (Å²) in [7, 11) is 7.71. The smallest absolute Gasteiger partial charge is 0.338 e. The standard InChI is InChI=1S/C28H31N3O3/c1-30(2)14-5-15-31(3)18-19-6-8-20(9-7-19)21-10-11-23-24(16-21)26-22(12-13-29-27(26)32)17-25(23)28(33)34-4/h6-13,16-17H,5,14-15,18H2,1-4H3,(H,29,32). The van der Waals surface area contributed by atoms with Gasteiger partial charge >= 0.3 is 5.97 Å². The fourth-order valence-electron chi connectivity index (χ4n) is 4.42. The lowest BCUT2D eigenvalue weighted by molar-refractivity contribution is 0.0603. The topological polar surface area (TPSA) is 65.6 Å². The van der Waals surface area contributed by atoms with Crippen LogP contribution in [0.5, 0.6) is 0 Å². The number of aromatic nitrogens is 1. The Hall–Kier alpha value is -3.48. The Labute approximate surface area is 199 Å². The van der Waals surface area contributed by atoms with Crippen LogP contribution >= 0.6 is 0 Å². The van der Waals surface area contributed by atoms with Crippen molar-refractivity contribution < 1.29 is 9.53 Å². The van der Waals surface area contributed by atoms with Gasteiger partial charge in [-0.25, -0.2) is 4.79 Å². The van der Waals surface area contributed by atoms with Crippen LogP contribution in [0.2, 0.25) is 0 Å². The Bertz CT molecular complexity index is 1370. The second-order valence-corrected chi connectivity index (χ2v) is 9.04. The molecule has 0 bridgehead atoms. The molecule has 0 unspecified atom stereocenters. The lowest BCUT2D eigenvalue weighted by Gasteiger charge is -2.18. The number of hydrogen-bond acceptors (Lipinski definition) is 5. The van der Waals surface area contributed by atoms with Crippen LogP contribution in [-0.2, 0) is 11.3 Å². The van der Waals surface area contributed by atoms with Crippen LogP contribution in [0.25, 0.3) is 32.7 Å². The number of carbonyl (C=O) groups is 1. The molecule has 0 amide bonds. The molecule has 0 saturated heterocycles. The lowest BCUT2D eigenvalue weighted by atomic mass is 9.94. The number of H-pyrrole nitrogens is 1. The first-order chi connectivity index (χ1) is 16.4. The molecule has 6 nitrogen and oxygen atoms in total. The van der Waals surface area contributed by atoms with Crippen LogP contribution in [0, 0.1) is 0 Å². The highest BCUT2D eigenvalue weighted by atomic mass is 16.5. The number of carbonyl (C=O) groups excluding carboxylic acids is 1. The van der Waals surface area contributed by atoms with E-state index in [1.807, 2.05) is 18.2 Å². The molecule has 4 rings (SSSR count). The van der Waals surface area contributed by atoms with E-state index in [2.05, 4.69) is 60.2 Å². The second-order valence-electron chi connectivity index (χ2n) is 9.04. The molecular weight excluding hydrogens is 426 g/mol. The van der Waals surface area contributed by atoms with Crippen LogP contribution in [-0.4, -0.2) is 62.1 Å². The molecule has 176 valence electrons. The average molecular weight is 458 g/mol. The van der Waals surface area contributed by atoms with E-state index in [1.165, 1.54) is 12.7 Å². The van der Waals surface area contributed by atoms with Crippen LogP contribution in [0.1, 0.15) is 22.3 Å². The van der Waals surface area contributed by atoms with E-state index < -0.39 is 5.97 Å². The highest BCUT2D eigenvalue weighted by Gasteiger charge is 2.16. The van der Waals surface area contributed by atoms with Gasteiger partial charge in [-0.3, -0.25) is 4.79 Å². The largest absolute Gasteiger partial charge is 0.465 e. The minimum absolute atomic E-state index is 0.177. The van der Waals surface area contributed by atoms with Crippen molar-refractivity contribution in [1.29, 1.82) is 0 Å². The molecule has 34 heavy (non-hydrogen) atoms. The van der Waals surface area contributed by atoms with Crippen molar-refractivity contribution >= 4 is 27.5 Å². The normalized spacial score (nSPS) is 11.6. The van der Waals surface area contributed by atoms with Crippen molar-refractivity contribution in [3.8, 4) is 11.1 Å². The number of fused-ring (bicyclic) bond motifs is 3. The first-order valence-corrected chi connectivity index (χ1v) is 11.5. The Morgan fingerprint density at radius 2 is 1.65 bits per heavy atom. The van der Waals surface area contributed by atoms with Gasteiger partial charge in [-0.1, -0.05) is 36.4 Å². The third-order valence-corrected chi connectivity index (χ3v) is 6.16.